The fourth-order valence-electron chi connectivity index (χ4n) is 4.34. The van der Waals surface area contributed by atoms with Gasteiger partial charge in [-0.3, -0.25) is 4.79 Å². The average Bonchev–Trinajstić information content (AvgIpc) is 2.92. The van der Waals surface area contributed by atoms with Crippen LogP contribution >= 0.6 is 0 Å². The van der Waals surface area contributed by atoms with E-state index in [0.717, 1.165) is 34.4 Å². The highest BCUT2D eigenvalue weighted by atomic mass is 32.2. The van der Waals surface area contributed by atoms with Gasteiger partial charge in [0, 0.05) is 24.0 Å². The molecule has 4 aromatic rings. The van der Waals surface area contributed by atoms with Gasteiger partial charge in [-0.25, -0.2) is 8.42 Å². The van der Waals surface area contributed by atoms with E-state index >= 15 is 0 Å². The van der Waals surface area contributed by atoms with Gasteiger partial charge in [-0.1, -0.05) is 84.8 Å². The average molecular weight is 539 g/mol. The van der Waals surface area contributed by atoms with E-state index in [1.54, 1.807) is 24.3 Å². The number of carbonyl (C=O) groups is 1. The number of Topliss-reactive ketones (excluding diaryl/α,β-unsaturated/α-hetero) is 1. The van der Waals surface area contributed by atoms with Gasteiger partial charge in [-0.15, -0.1) is 0 Å². The molecule has 0 unspecified atom stereocenters. The van der Waals surface area contributed by atoms with Gasteiger partial charge >= 0.3 is 0 Å². The number of benzene rings is 4. The standard InChI is InChI=1S/C33H34N2O3S/c1-5-26-15-17-28(18-16-26)35-30-8-6-7-9-31(30)39(37,38)32(22-34-21-27-13-10-23(2)11-14-27)33(36)29-19-12-24(3)20-25(29)4/h6-20,22,34-35H,5,21H2,1-4H3/b32-22+. The fourth-order valence-corrected chi connectivity index (χ4v) is 5.83. The first-order chi connectivity index (χ1) is 18.7. The summed E-state index contributed by atoms with van der Waals surface area (Å²) >= 11 is 0. The summed E-state index contributed by atoms with van der Waals surface area (Å²) in [4.78, 5) is 13.5. The van der Waals surface area contributed by atoms with Crippen molar-refractivity contribution in [2.75, 3.05) is 5.32 Å². The number of aryl methyl sites for hydroxylation is 4. The molecule has 0 aromatic heterocycles. The van der Waals surface area contributed by atoms with E-state index in [4.69, 9.17) is 0 Å². The lowest BCUT2D eigenvalue weighted by atomic mass is 10.0. The van der Waals surface area contributed by atoms with Crippen LogP contribution in [0.15, 0.2) is 107 Å². The molecule has 0 spiro atoms. The molecule has 5 nitrogen and oxygen atoms in total. The summed E-state index contributed by atoms with van der Waals surface area (Å²) in [7, 11) is -4.21. The molecule has 0 heterocycles. The largest absolute Gasteiger partial charge is 0.386 e. The highest BCUT2D eigenvalue weighted by molar-refractivity contribution is 7.96. The number of sulfone groups is 1. The molecule has 0 amide bonds. The molecule has 0 aliphatic rings. The SMILES string of the molecule is CCc1ccc(Nc2ccccc2S(=O)(=O)/C(=C/NCc2ccc(C)cc2)C(=O)c2ccc(C)cc2C)cc1. The van der Waals surface area contributed by atoms with Crippen LogP contribution in [0.1, 0.15) is 45.1 Å². The monoisotopic (exact) mass is 538 g/mol. The number of nitrogens with one attached hydrogen (secondary N) is 2. The van der Waals surface area contributed by atoms with E-state index in [9.17, 15) is 13.2 Å². The van der Waals surface area contributed by atoms with Crippen molar-refractivity contribution in [2.24, 2.45) is 0 Å². The maximum Gasteiger partial charge on any atom is 0.213 e. The zero-order valence-corrected chi connectivity index (χ0v) is 23.6. The number of anilines is 2. The van der Waals surface area contributed by atoms with Gasteiger partial charge in [0.15, 0.2) is 0 Å². The minimum Gasteiger partial charge on any atom is -0.386 e. The van der Waals surface area contributed by atoms with E-state index in [-0.39, 0.29) is 9.80 Å². The normalized spacial score (nSPS) is 11.7. The Morgan fingerprint density at radius 2 is 1.44 bits per heavy atom. The lowest BCUT2D eigenvalue weighted by molar-refractivity contribution is 0.104. The van der Waals surface area contributed by atoms with Crippen LogP contribution in [0, 0.1) is 20.8 Å². The first-order valence-corrected chi connectivity index (χ1v) is 14.5. The third kappa shape index (κ3) is 6.65. The van der Waals surface area contributed by atoms with Crippen LogP contribution < -0.4 is 10.6 Å². The van der Waals surface area contributed by atoms with E-state index in [0.29, 0.717) is 17.8 Å². The second-order valence-electron chi connectivity index (χ2n) is 9.70. The Hall–Kier alpha value is -4.16. The van der Waals surface area contributed by atoms with Crippen molar-refractivity contribution in [3.63, 3.8) is 0 Å². The Bertz CT molecular complexity index is 1600. The molecule has 6 heteroatoms. The minimum absolute atomic E-state index is 0.0334. The Morgan fingerprint density at radius 1 is 0.795 bits per heavy atom. The smallest absolute Gasteiger partial charge is 0.213 e. The second-order valence-corrected chi connectivity index (χ2v) is 11.6. The number of rotatable bonds is 10. The summed E-state index contributed by atoms with van der Waals surface area (Å²) in [6, 6.07) is 27.8. The maximum atomic E-state index is 14.2. The number of hydrogen-bond acceptors (Lipinski definition) is 5. The summed E-state index contributed by atoms with van der Waals surface area (Å²) in [5, 5.41) is 6.31. The third-order valence-electron chi connectivity index (χ3n) is 6.62. The van der Waals surface area contributed by atoms with Crippen LogP contribution in [0.25, 0.3) is 0 Å². The number of ketones is 1. The predicted octanol–water partition coefficient (Wildman–Crippen LogP) is 7.21. The summed E-state index contributed by atoms with van der Waals surface area (Å²) in [5.41, 5.74) is 6.54. The molecular weight excluding hydrogens is 504 g/mol. The maximum absolute atomic E-state index is 14.2. The lowest BCUT2D eigenvalue weighted by Gasteiger charge is -2.16. The highest BCUT2D eigenvalue weighted by Crippen LogP contribution is 2.31. The molecule has 0 fully saturated rings. The van der Waals surface area contributed by atoms with Crippen molar-refractivity contribution >= 4 is 27.0 Å². The molecule has 0 saturated carbocycles. The van der Waals surface area contributed by atoms with Crippen molar-refractivity contribution in [3.8, 4) is 0 Å². The fraction of sp³-hybridized carbons (Fsp3) is 0.182. The molecule has 0 saturated heterocycles. The quantitative estimate of drug-likeness (QED) is 0.165. The molecule has 4 aromatic carbocycles. The first-order valence-electron chi connectivity index (χ1n) is 13.0. The van der Waals surface area contributed by atoms with Crippen molar-refractivity contribution in [1.29, 1.82) is 0 Å². The van der Waals surface area contributed by atoms with Gasteiger partial charge in [0.05, 0.1) is 10.6 Å². The Labute approximate surface area is 231 Å². The zero-order valence-electron chi connectivity index (χ0n) is 22.8. The molecule has 39 heavy (non-hydrogen) atoms. The van der Waals surface area contributed by atoms with Crippen molar-refractivity contribution < 1.29 is 13.2 Å². The van der Waals surface area contributed by atoms with Gasteiger partial charge < -0.3 is 10.6 Å². The van der Waals surface area contributed by atoms with Gasteiger partial charge in [0.25, 0.3) is 0 Å². The molecule has 0 atom stereocenters. The molecule has 2 N–H and O–H groups in total. The second kappa shape index (κ2) is 12.1. The zero-order chi connectivity index (χ0) is 28.0. The molecular formula is C33H34N2O3S. The van der Waals surface area contributed by atoms with E-state index in [2.05, 4.69) is 17.6 Å². The van der Waals surface area contributed by atoms with Crippen LogP contribution in [-0.4, -0.2) is 14.2 Å². The van der Waals surface area contributed by atoms with Gasteiger partial charge in [0.1, 0.15) is 4.91 Å². The predicted molar refractivity (Wildman–Crippen MR) is 159 cm³/mol. The van der Waals surface area contributed by atoms with Crippen molar-refractivity contribution in [3.05, 3.63) is 135 Å². The van der Waals surface area contributed by atoms with Gasteiger partial charge in [-0.05, 0) is 68.1 Å². The molecule has 0 bridgehead atoms. The molecule has 0 aliphatic carbocycles. The van der Waals surface area contributed by atoms with E-state index in [1.807, 2.05) is 81.4 Å². The van der Waals surface area contributed by atoms with Crippen LogP contribution in [0.4, 0.5) is 11.4 Å². The summed E-state index contributed by atoms with van der Waals surface area (Å²) in [6.07, 6.45) is 2.25. The molecule has 0 radical (unpaired) electrons. The number of para-hydroxylation sites is 1. The van der Waals surface area contributed by atoms with Gasteiger partial charge in [-0.2, -0.15) is 0 Å². The Morgan fingerprint density at radius 3 is 2.10 bits per heavy atom. The summed E-state index contributed by atoms with van der Waals surface area (Å²) < 4.78 is 28.3. The van der Waals surface area contributed by atoms with Crippen molar-refractivity contribution in [1.82, 2.24) is 5.32 Å². The minimum atomic E-state index is -4.21. The van der Waals surface area contributed by atoms with Crippen LogP contribution in [-0.2, 0) is 22.8 Å². The lowest BCUT2D eigenvalue weighted by Crippen LogP contribution is -2.20. The van der Waals surface area contributed by atoms with Crippen LogP contribution in [0.5, 0.6) is 0 Å². The van der Waals surface area contributed by atoms with Gasteiger partial charge in [0.2, 0.25) is 15.6 Å². The Balaban J connectivity index is 1.74. The van der Waals surface area contributed by atoms with E-state index in [1.165, 1.54) is 17.8 Å². The Kier molecular flexibility index (Phi) is 8.67. The highest BCUT2D eigenvalue weighted by Gasteiger charge is 2.31. The number of hydrogen-bond donors (Lipinski definition) is 2. The van der Waals surface area contributed by atoms with Crippen LogP contribution in [0.3, 0.4) is 0 Å². The summed E-state index contributed by atoms with van der Waals surface area (Å²) in [5.74, 6) is -0.550. The summed E-state index contributed by atoms with van der Waals surface area (Å²) in [6.45, 7) is 8.22. The molecule has 0 aliphatic heterocycles. The first kappa shape index (κ1) is 27.9. The third-order valence-corrected chi connectivity index (χ3v) is 8.43. The van der Waals surface area contributed by atoms with Crippen LogP contribution in [0.2, 0.25) is 0 Å². The molecule has 200 valence electrons. The number of allylic oxidation sites excluding steroid dienone is 1. The topological polar surface area (TPSA) is 75.3 Å². The van der Waals surface area contributed by atoms with E-state index < -0.39 is 15.6 Å². The molecule has 4 rings (SSSR count). The van der Waals surface area contributed by atoms with Crippen molar-refractivity contribution in [2.45, 2.75) is 45.6 Å². The number of carbonyl (C=O) groups excluding carboxylic acids is 1.